The maximum Gasteiger partial charge on any atom is 0.219 e. The van der Waals surface area contributed by atoms with Crippen LogP contribution >= 0.6 is 0 Å². The van der Waals surface area contributed by atoms with Crippen LogP contribution in [0.2, 0.25) is 0 Å². The van der Waals surface area contributed by atoms with Crippen LogP contribution < -0.4 is 4.74 Å². The molecule has 2 saturated heterocycles. The van der Waals surface area contributed by atoms with Crippen molar-refractivity contribution in [2.75, 3.05) is 33.3 Å². The molecule has 3 heterocycles. The van der Waals surface area contributed by atoms with E-state index in [1.807, 2.05) is 23.1 Å². The highest BCUT2D eigenvalue weighted by atomic mass is 16.5. The number of nitrogens with zero attached hydrogens (tertiary/aromatic N) is 3. The van der Waals surface area contributed by atoms with E-state index < -0.39 is 0 Å². The predicted octanol–water partition coefficient (Wildman–Crippen LogP) is 3.95. The number of pyridine rings is 1. The van der Waals surface area contributed by atoms with Gasteiger partial charge < -0.3 is 9.64 Å². The van der Waals surface area contributed by atoms with Crippen LogP contribution in [0.3, 0.4) is 0 Å². The van der Waals surface area contributed by atoms with Crippen LogP contribution in [0.4, 0.5) is 0 Å². The SMILES string of the molecule is COc1ccccc1-c1cccc([C@H]2CCCN(C3CCN(C(C)=O)CC3)C2)n1. The number of rotatable bonds is 4. The number of aromatic nitrogens is 1. The monoisotopic (exact) mass is 393 g/mol. The highest BCUT2D eigenvalue weighted by molar-refractivity contribution is 5.73. The third kappa shape index (κ3) is 4.45. The molecule has 2 aliphatic rings. The summed E-state index contributed by atoms with van der Waals surface area (Å²) >= 11 is 0. The summed E-state index contributed by atoms with van der Waals surface area (Å²) in [5.41, 5.74) is 3.20. The molecule has 0 aliphatic carbocycles. The average molecular weight is 394 g/mol. The van der Waals surface area contributed by atoms with Gasteiger partial charge in [-0.3, -0.25) is 14.7 Å². The van der Waals surface area contributed by atoms with E-state index in [1.54, 1.807) is 14.0 Å². The number of hydrogen-bond acceptors (Lipinski definition) is 4. The van der Waals surface area contributed by atoms with Gasteiger partial charge in [-0.05, 0) is 56.5 Å². The summed E-state index contributed by atoms with van der Waals surface area (Å²) in [6, 6.07) is 15.0. The van der Waals surface area contributed by atoms with E-state index in [2.05, 4.69) is 29.2 Å². The Kier molecular flexibility index (Phi) is 6.14. The van der Waals surface area contributed by atoms with E-state index in [9.17, 15) is 4.79 Å². The number of benzene rings is 1. The summed E-state index contributed by atoms with van der Waals surface area (Å²) in [7, 11) is 1.71. The van der Waals surface area contributed by atoms with Gasteiger partial charge >= 0.3 is 0 Å². The summed E-state index contributed by atoms with van der Waals surface area (Å²) in [5, 5.41) is 0. The van der Waals surface area contributed by atoms with Crippen molar-refractivity contribution in [3.63, 3.8) is 0 Å². The molecule has 29 heavy (non-hydrogen) atoms. The predicted molar refractivity (Wildman–Crippen MR) is 115 cm³/mol. The number of para-hydroxylation sites is 1. The lowest BCUT2D eigenvalue weighted by Crippen LogP contribution is -2.49. The molecule has 1 atom stereocenters. The van der Waals surface area contributed by atoms with Crippen LogP contribution in [0.5, 0.6) is 5.75 Å². The highest BCUT2D eigenvalue weighted by Crippen LogP contribution is 2.32. The molecule has 1 amide bonds. The number of likely N-dealkylation sites (tertiary alicyclic amines) is 2. The van der Waals surface area contributed by atoms with E-state index in [0.29, 0.717) is 12.0 Å². The van der Waals surface area contributed by atoms with Crippen molar-refractivity contribution < 1.29 is 9.53 Å². The van der Waals surface area contributed by atoms with Crippen LogP contribution in [0, 0.1) is 0 Å². The number of ether oxygens (including phenoxy) is 1. The second kappa shape index (κ2) is 8.95. The Balaban J connectivity index is 1.47. The molecule has 0 bridgehead atoms. The Hall–Kier alpha value is -2.40. The minimum atomic E-state index is 0.206. The topological polar surface area (TPSA) is 45.7 Å². The number of carbonyl (C=O) groups is 1. The van der Waals surface area contributed by atoms with Crippen LogP contribution in [-0.4, -0.2) is 60.0 Å². The van der Waals surface area contributed by atoms with E-state index >= 15 is 0 Å². The summed E-state index contributed by atoms with van der Waals surface area (Å²) in [5.74, 6) is 1.53. The van der Waals surface area contributed by atoms with Gasteiger partial charge in [0.25, 0.3) is 0 Å². The van der Waals surface area contributed by atoms with Gasteiger partial charge in [0.1, 0.15) is 5.75 Å². The van der Waals surface area contributed by atoms with E-state index in [1.165, 1.54) is 18.5 Å². The van der Waals surface area contributed by atoms with E-state index in [4.69, 9.17) is 9.72 Å². The molecule has 0 spiro atoms. The van der Waals surface area contributed by atoms with Crippen molar-refractivity contribution in [2.45, 2.75) is 44.6 Å². The average Bonchev–Trinajstić information content (AvgIpc) is 2.79. The summed E-state index contributed by atoms with van der Waals surface area (Å²) in [6.45, 7) is 5.68. The van der Waals surface area contributed by atoms with Gasteiger partial charge in [-0.2, -0.15) is 0 Å². The number of hydrogen-bond donors (Lipinski definition) is 0. The molecule has 2 fully saturated rings. The Morgan fingerprint density at radius 3 is 2.59 bits per heavy atom. The molecule has 4 rings (SSSR count). The van der Waals surface area contributed by atoms with Crippen molar-refractivity contribution in [1.29, 1.82) is 0 Å². The molecule has 0 radical (unpaired) electrons. The number of piperidine rings is 2. The largest absolute Gasteiger partial charge is 0.496 e. The first-order chi connectivity index (χ1) is 14.2. The fourth-order valence-electron chi connectivity index (χ4n) is 4.81. The molecule has 0 unspecified atom stereocenters. The van der Waals surface area contributed by atoms with Crippen molar-refractivity contribution >= 4 is 5.91 Å². The standard InChI is InChI=1S/C24H31N3O2/c1-18(28)26-15-12-20(13-16-26)27-14-6-7-19(17-27)22-9-5-10-23(25-22)21-8-3-4-11-24(21)29-2/h3-5,8-11,19-20H,6-7,12-17H2,1-2H3/t19-/m0/s1. The number of methoxy groups -OCH3 is 1. The van der Waals surface area contributed by atoms with Crippen LogP contribution in [0.15, 0.2) is 42.5 Å². The van der Waals surface area contributed by atoms with Crippen LogP contribution in [0.25, 0.3) is 11.3 Å². The van der Waals surface area contributed by atoms with E-state index in [-0.39, 0.29) is 5.91 Å². The third-order valence-electron chi connectivity index (χ3n) is 6.45. The zero-order chi connectivity index (χ0) is 20.2. The zero-order valence-corrected chi connectivity index (χ0v) is 17.5. The lowest BCUT2D eigenvalue weighted by molar-refractivity contribution is -0.130. The Morgan fingerprint density at radius 2 is 1.83 bits per heavy atom. The van der Waals surface area contributed by atoms with Crippen LogP contribution in [-0.2, 0) is 4.79 Å². The maximum absolute atomic E-state index is 11.6. The maximum atomic E-state index is 11.6. The molecular weight excluding hydrogens is 362 g/mol. The smallest absolute Gasteiger partial charge is 0.219 e. The van der Waals surface area contributed by atoms with Gasteiger partial charge in [0.15, 0.2) is 0 Å². The Bertz CT molecular complexity index is 846. The Morgan fingerprint density at radius 1 is 1.03 bits per heavy atom. The third-order valence-corrected chi connectivity index (χ3v) is 6.45. The lowest BCUT2D eigenvalue weighted by Gasteiger charge is -2.42. The van der Waals surface area contributed by atoms with Crippen molar-refractivity contribution in [2.24, 2.45) is 0 Å². The van der Waals surface area contributed by atoms with Gasteiger partial charge in [0, 0.05) is 49.8 Å². The van der Waals surface area contributed by atoms with Gasteiger partial charge in [0.05, 0.1) is 12.8 Å². The first-order valence-corrected chi connectivity index (χ1v) is 10.8. The molecule has 0 N–H and O–H groups in total. The first-order valence-electron chi connectivity index (χ1n) is 10.8. The molecular formula is C24H31N3O2. The minimum absolute atomic E-state index is 0.206. The van der Waals surface area contributed by atoms with Gasteiger partial charge in [-0.1, -0.05) is 18.2 Å². The minimum Gasteiger partial charge on any atom is -0.496 e. The molecule has 1 aromatic carbocycles. The second-order valence-corrected chi connectivity index (χ2v) is 8.22. The molecule has 5 heteroatoms. The molecule has 5 nitrogen and oxygen atoms in total. The number of amides is 1. The molecule has 2 aliphatic heterocycles. The molecule has 2 aromatic rings. The van der Waals surface area contributed by atoms with Gasteiger partial charge in [0.2, 0.25) is 5.91 Å². The highest BCUT2D eigenvalue weighted by Gasteiger charge is 2.30. The van der Waals surface area contributed by atoms with Crippen molar-refractivity contribution in [3.05, 3.63) is 48.2 Å². The second-order valence-electron chi connectivity index (χ2n) is 8.22. The summed E-state index contributed by atoms with van der Waals surface area (Å²) < 4.78 is 5.53. The van der Waals surface area contributed by atoms with Crippen molar-refractivity contribution in [1.82, 2.24) is 14.8 Å². The molecule has 1 aromatic heterocycles. The first kappa shape index (κ1) is 19.9. The quantitative estimate of drug-likeness (QED) is 0.789. The number of carbonyl (C=O) groups excluding carboxylic acids is 1. The Labute approximate surface area is 173 Å². The van der Waals surface area contributed by atoms with E-state index in [0.717, 1.165) is 56.0 Å². The van der Waals surface area contributed by atoms with Gasteiger partial charge in [-0.25, -0.2) is 0 Å². The van der Waals surface area contributed by atoms with Crippen molar-refractivity contribution in [3.8, 4) is 17.0 Å². The zero-order valence-electron chi connectivity index (χ0n) is 17.5. The fourth-order valence-corrected chi connectivity index (χ4v) is 4.81. The van der Waals surface area contributed by atoms with Crippen LogP contribution in [0.1, 0.15) is 44.2 Å². The summed E-state index contributed by atoms with van der Waals surface area (Å²) in [4.78, 5) is 21.3. The molecule has 0 saturated carbocycles. The summed E-state index contributed by atoms with van der Waals surface area (Å²) in [6.07, 6.45) is 4.56. The normalized spacial score (nSPS) is 21.2. The van der Waals surface area contributed by atoms with Gasteiger partial charge in [-0.15, -0.1) is 0 Å². The fraction of sp³-hybridized carbons (Fsp3) is 0.500. The molecule has 154 valence electrons. The lowest BCUT2D eigenvalue weighted by atomic mass is 9.91.